The van der Waals surface area contributed by atoms with Crippen molar-refractivity contribution in [3.8, 4) is 0 Å². The molecule has 2 aromatic carbocycles. The molecule has 0 aliphatic heterocycles. The van der Waals surface area contributed by atoms with Crippen molar-refractivity contribution in [2.45, 2.75) is 48.4 Å². The van der Waals surface area contributed by atoms with Crippen LogP contribution in [-0.2, 0) is 17.6 Å². The number of halogens is 4. The monoisotopic (exact) mass is 501 g/mol. The molecule has 0 saturated carbocycles. The molecule has 3 aromatic rings. The number of hydrogen-bond donors (Lipinski definition) is 1. The molecular weight excluding hydrogens is 479 g/mol. The minimum Gasteiger partial charge on any atom is -0.477 e. The van der Waals surface area contributed by atoms with Crippen LogP contribution in [0.4, 0.5) is 13.2 Å². The van der Waals surface area contributed by atoms with E-state index in [9.17, 15) is 23.1 Å². The van der Waals surface area contributed by atoms with Crippen LogP contribution in [0.5, 0.6) is 0 Å². The quantitative estimate of drug-likeness (QED) is 0.257. The summed E-state index contributed by atoms with van der Waals surface area (Å²) in [5.41, 5.74) is -0.0743. The Morgan fingerprint density at radius 3 is 2.38 bits per heavy atom. The summed E-state index contributed by atoms with van der Waals surface area (Å²) in [5.74, 6) is -1.10. The molecule has 0 radical (unpaired) electrons. The molecule has 0 fully saturated rings. The average Bonchev–Trinajstić information content (AvgIpc) is 3.03. The highest BCUT2D eigenvalue weighted by molar-refractivity contribution is 7.99. The van der Waals surface area contributed by atoms with Gasteiger partial charge in [-0.05, 0) is 48.5 Å². The Labute approximate surface area is 194 Å². The first-order valence-electron chi connectivity index (χ1n) is 9.84. The summed E-state index contributed by atoms with van der Waals surface area (Å²) in [4.78, 5) is 13.1. The van der Waals surface area contributed by atoms with Crippen molar-refractivity contribution >= 4 is 48.3 Å². The Kier molecular flexibility index (Phi) is 7.33. The van der Waals surface area contributed by atoms with Crippen molar-refractivity contribution in [3.63, 3.8) is 0 Å². The minimum absolute atomic E-state index is 0.0598. The average molecular weight is 502 g/mol. The second-order valence-electron chi connectivity index (χ2n) is 8.57. The van der Waals surface area contributed by atoms with E-state index in [0.717, 1.165) is 18.2 Å². The van der Waals surface area contributed by atoms with E-state index in [1.54, 1.807) is 22.8 Å². The normalized spacial score (nSPS) is 12.5. The van der Waals surface area contributed by atoms with Crippen LogP contribution in [0.1, 0.15) is 16.1 Å². The number of carboxylic acids is 1. The van der Waals surface area contributed by atoms with Crippen molar-refractivity contribution in [1.82, 2.24) is 4.57 Å². The van der Waals surface area contributed by atoms with Crippen LogP contribution in [0.25, 0.3) is 10.9 Å². The van der Waals surface area contributed by atoms with E-state index in [0.29, 0.717) is 32.3 Å². The molecule has 4 nitrogen and oxygen atoms in total. The maximum atomic E-state index is 12.8. The number of carbonyl (C=O) groups is 1. The number of benzene rings is 2. The van der Waals surface area contributed by atoms with Crippen molar-refractivity contribution in [1.29, 1.82) is 0 Å². The molecule has 0 spiro atoms. The summed E-state index contributed by atoms with van der Waals surface area (Å²) in [6.45, 7) is 7.29. The molecular formula is C22H23ClF3NO3SSi. The molecule has 0 aliphatic rings. The largest absolute Gasteiger partial charge is 0.477 e. The first-order valence-corrected chi connectivity index (χ1v) is 14.7. The van der Waals surface area contributed by atoms with Crippen LogP contribution in [0.2, 0.25) is 30.7 Å². The van der Waals surface area contributed by atoms with Gasteiger partial charge in [-0.15, -0.1) is 0 Å². The maximum absolute atomic E-state index is 12.8. The number of hydrogen-bond acceptors (Lipinski definition) is 3. The number of aromatic carboxylic acids is 1. The molecule has 0 aliphatic carbocycles. The summed E-state index contributed by atoms with van der Waals surface area (Å²) in [7, 11) is -1.29. The van der Waals surface area contributed by atoms with Gasteiger partial charge < -0.3 is 14.4 Å². The smallest absolute Gasteiger partial charge is 0.416 e. The SMILES string of the molecule is C[Si](C)(C)CCOCn1c(C(=O)O)cc2c(Sc3ccc(C(F)(F)F)cc3)cc(Cl)cc21. The van der Waals surface area contributed by atoms with E-state index in [4.69, 9.17) is 16.3 Å². The fourth-order valence-corrected chi connectivity index (χ4v) is 5.09. The van der Waals surface area contributed by atoms with Crippen molar-refractivity contribution in [3.05, 3.63) is 58.7 Å². The maximum Gasteiger partial charge on any atom is 0.416 e. The van der Waals surface area contributed by atoms with E-state index in [1.807, 2.05) is 0 Å². The minimum atomic E-state index is -4.41. The van der Waals surface area contributed by atoms with Crippen LogP contribution in [0.15, 0.2) is 52.3 Å². The third kappa shape index (κ3) is 6.09. The predicted molar refractivity (Wildman–Crippen MR) is 124 cm³/mol. The van der Waals surface area contributed by atoms with Crippen molar-refractivity contribution in [2.75, 3.05) is 6.61 Å². The molecule has 32 heavy (non-hydrogen) atoms. The predicted octanol–water partition coefficient (Wildman–Crippen LogP) is 7.48. The Bertz CT molecular complexity index is 1120. The van der Waals surface area contributed by atoms with Gasteiger partial charge >= 0.3 is 12.1 Å². The number of rotatable bonds is 8. The molecule has 0 saturated heterocycles. The Hall–Kier alpha value is -1.94. The number of nitrogens with zero attached hydrogens (tertiary/aromatic N) is 1. The summed E-state index contributed by atoms with van der Waals surface area (Å²) in [5, 5.41) is 10.7. The number of aromatic nitrogens is 1. The third-order valence-corrected chi connectivity index (χ3v) is 7.78. The first-order chi connectivity index (χ1) is 14.8. The molecule has 0 unspecified atom stereocenters. The van der Waals surface area contributed by atoms with Crippen LogP contribution in [-0.4, -0.2) is 30.3 Å². The van der Waals surface area contributed by atoms with Gasteiger partial charge in [-0.25, -0.2) is 4.79 Å². The second-order valence-corrected chi connectivity index (χ2v) is 15.7. The standard InChI is InChI=1S/C22H23ClF3NO3SSi/c1-32(2,3)9-8-30-13-27-18-10-15(23)11-20(17(18)12-19(27)21(28)29)31-16-6-4-14(5-7-16)22(24,25)26/h4-7,10-12H,8-9,13H2,1-3H3,(H,28,29). The molecule has 1 aromatic heterocycles. The molecule has 0 bridgehead atoms. The van der Waals surface area contributed by atoms with Gasteiger partial charge in [-0.2, -0.15) is 13.2 Å². The van der Waals surface area contributed by atoms with E-state index < -0.39 is 25.8 Å². The molecule has 1 heterocycles. The number of alkyl halides is 3. The van der Waals surface area contributed by atoms with Gasteiger partial charge in [0.05, 0.1) is 11.1 Å². The fraction of sp³-hybridized carbons (Fsp3) is 0.318. The highest BCUT2D eigenvalue weighted by Crippen LogP contribution is 2.39. The molecule has 1 N–H and O–H groups in total. The van der Waals surface area contributed by atoms with Gasteiger partial charge in [0.1, 0.15) is 12.4 Å². The summed E-state index contributed by atoms with van der Waals surface area (Å²) < 4.78 is 45.8. The van der Waals surface area contributed by atoms with Crippen LogP contribution >= 0.6 is 23.4 Å². The van der Waals surface area contributed by atoms with Gasteiger partial charge in [-0.3, -0.25) is 0 Å². The lowest BCUT2D eigenvalue weighted by atomic mass is 10.2. The zero-order valence-electron chi connectivity index (χ0n) is 17.8. The van der Waals surface area contributed by atoms with E-state index in [2.05, 4.69) is 19.6 Å². The molecule has 3 rings (SSSR count). The Morgan fingerprint density at radius 2 is 1.81 bits per heavy atom. The van der Waals surface area contributed by atoms with Gasteiger partial charge in [0.2, 0.25) is 0 Å². The Morgan fingerprint density at radius 1 is 1.16 bits per heavy atom. The zero-order chi connectivity index (χ0) is 23.7. The van der Waals surface area contributed by atoms with E-state index in [-0.39, 0.29) is 12.4 Å². The molecule has 0 atom stereocenters. The van der Waals surface area contributed by atoms with Crippen LogP contribution in [0, 0.1) is 0 Å². The second kappa shape index (κ2) is 9.50. The molecule has 10 heteroatoms. The van der Waals surface area contributed by atoms with Crippen molar-refractivity contribution in [2.24, 2.45) is 0 Å². The lowest BCUT2D eigenvalue weighted by Crippen LogP contribution is -2.22. The van der Waals surface area contributed by atoms with Crippen LogP contribution in [0.3, 0.4) is 0 Å². The summed E-state index contributed by atoms with van der Waals surface area (Å²) in [6, 6.07) is 10.6. The van der Waals surface area contributed by atoms with E-state index >= 15 is 0 Å². The lowest BCUT2D eigenvalue weighted by Gasteiger charge is -2.16. The van der Waals surface area contributed by atoms with Gasteiger partial charge in [0.25, 0.3) is 0 Å². The van der Waals surface area contributed by atoms with Crippen LogP contribution < -0.4 is 0 Å². The van der Waals surface area contributed by atoms with Gasteiger partial charge in [0, 0.05) is 34.9 Å². The fourth-order valence-electron chi connectivity index (χ4n) is 3.07. The Balaban J connectivity index is 1.93. The van der Waals surface area contributed by atoms with Crippen molar-refractivity contribution < 1.29 is 27.8 Å². The molecule has 0 amide bonds. The summed E-state index contributed by atoms with van der Waals surface area (Å²) >= 11 is 7.52. The molecule has 172 valence electrons. The number of ether oxygens (including phenoxy) is 1. The highest BCUT2D eigenvalue weighted by atomic mass is 35.5. The number of carboxylic acid groups (broad SMARTS) is 1. The topological polar surface area (TPSA) is 51.5 Å². The zero-order valence-corrected chi connectivity index (χ0v) is 20.4. The number of fused-ring (bicyclic) bond motifs is 1. The summed E-state index contributed by atoms with van der Waals surface area (Å²) in [6.07, 6.45) is -4.41. The first kappa shape index (κ1) is 24.7. The lowest BCUT2D eigenvalue weighted by molar-refractivity contribution is -0.137. The van der Waals surface area contributed by atoms with Gasteiger partial charge in [0.15, 0.2) is 0 Å². The van der Waals surface area contributed by atoms with E-state index in [1.165, 1.54) is 23.9 Å². The van der Waals surface area contributed by atoms with Gasteiger partial charge in [-0.1, -0.05) is 43.0 Å². The third-order valence-electron chi connectivity index (χ3n) is 4.79. The highest BCUT2D eigenvalue weighted by Gasteiger charge is 2.30.